The van der Waals surface area contributed by atoms with Crippen LogP contribution in [0.3, 0.4) is 0 Å². The van der Waals surface area contributed by atoms with Crippen molar-refractivity contribution in [2.24, 2.45) is 5.41 Å². The highest BCUT2D eigenvalue weighted by atomic mass is 16.3. The molecule has 1 aliphatic rings. The Bertz CT molecular complexity index is 132. The van der Waals surface area contributed by atoms with Crippen molar-refractivity contribution in [3.05, 3.63) is 0 Å². The molecule has 0 atom stereocenters. The van der Waals surface area contributed by atoms with Crippen LogP contribution >= 0.6 is 0 Å². The van der Waals surface area contributed by atoms with E-state index >= 15 is 0 Å². The summed E-state index contributed by atoms with van der Waals surface area (Å²) >= 11 is 0. The fourth-order valence-corrected chi connectivity index (χ4v) is 1.25. The van der Waals surface area contributed by atoms with Crippen molar-refractivity contribution >= 4 is 6.72 Å². The lowest BCUT2D eigenvalue weighted by Crippen LogP contribution is -2.34. The van der Waals surface area contributed by atoms with Crippen LogP contribution in [0.4, 0.5) is 0 Å². The fourth-order valence-electron chi connectivity index (χ4n) is 1.25. The number of aliphatic hydroxyl groups excluding tert-OH is 1. The van der Waals surface area contributed by atoms with Gasteiger partial charge in [-0.3, -0.25) is 0 Å². The Morgan fingerprint density at radius 3 is 2.40 bits per heavy atom. The minimum absolute atomic E-state index is 0.175. The van der Waals surface area contributed by atoms with Gasteiger partial charge in [0.05, 0.1) is 0 Å². The SMILES string of the molecule is C=[N+]1CCC(C)(CO)CC1. The van der Waals surface area contributed by atoms with Gasteiger partial charge >= 0.3 is 0 Å². The summed E-state index contributed by atoms with van der Waals surface area (Å²) in [7, 11) is 0. The second-order valence-corrected chi connectivity index (χ2v) is 3.59. The highest BCUT2D eigenvalue weighted by molar-refractivity contribution is 5.14. The average Bonchev–Trinajstić information content (AvgIpc) is 1.96. The lowest BCUT2D eigenvalue weighted by molar-refractivity contribution is -0.537. The normalized spacial score (nSPS) is 24.8. The summed E-state index contributed by atoms with van der Waals surface area (Å²) in [5, 5.41) is 9.00. The summed E-state index contributed by atoms with van der Waals surface area (Å²) in [5.41, 5.74) is 0.175. The summed E-state index contributed by atoms with van der Waals surface area (Å²) in [6, 6.07) is 0. The Morgan fingerprint density at radius 2 is 2.00 bits per heavy atom. The molecular formula is C8H16NO+. The van der Waals surface area contributed by atoms with Gasteiger partial charge < -0.3 is 5.11 Å². The van der Waals surface area contributed by atoms with Gasteiger partial charge in [0.25, 0.3) is 0 Å². The lowest BCUT2D eigenvalue weighted by Gasteiger charge is -2.29. The van der Waals surface area contributed by atoms with Crippen molar-refractivity contribution in [3.63, 3.8) is 0 Å². The summed E-state index contributed by atoms with van der Waals surface area (Å²) in [5.74, 6) is 0. The molecule has 0 aromatic rings. The maximum Gasteiger partial charge on any atom is 0.142 e. The topological polar surface area (TPSA) is 23.2 Å². The molecule has 0 saturated carbocycles. The zero-order valence-electron chi connectivity index (χ0n) is 6.64. The molecule has 1 rings (SSSR count). The molecule has 0 radical (unpaired) electrons. The van der Waals surface area contributed by atoms with Crippen LogP contribution in [0.2, 0.25) is 0 Å². The molecule has 0 aromatic carbocycles. The molecule has 1 N–H and O–H groups in total. The molecule has 0 bridgehead atoms. The Labute approximate surface area is 62.2 Å². The Kier molecular flexibility index (Phi) is 2.09. The van der Waals surface area contributed by atoms with Crippen LogP contribution in [0.15, 0.2) is 0 Å². The number of piperidine rings is 1. The van der Waals surface area contributed by atoms with Crippen molar-refractivity contribution in [2.75, 3.05) is 19.7 Å². The monoisotopic (exact) mass is 142 g/mol. The van der Waals surface area contributed by atoms with Crippen LogP contribution in [-0.4, -0.2) is 36.1 Å². The zero-order chi connectivity index (χ0) is 7.61. The van der Waals surface area contributed by atoms with Gasteiger partial charge in [0.15, 0.2) is 0 Å². The number of aliphatic hydroxyl groups is 1. The van der Waals surface area contributed by atoms with Gasteiger partial charge in [0.1, 0.15) is 19.8 Å². The van der Waals surface area contributed by atoms with E-state index in [-0.39, 0.29) is 5.41 Å². The quantitative estimate of drug-likeness (QED) is 0.529. The molecule has 0 unspecified atom stereocenters. The van der Waals surface area contributed by atoms with Crippen molar-refractivity contribution in [1.82, 2.24) is 0 Å². The average molecular weight is 142 g/mol. The molecule has 2 nitrogen and oxygen atoms in total. The summed E-state index contributed by atoms with van der Waals surface area (Å²) in [4.78, 5) is 0. The third kappa shape index (κ3) is 1.57. The second-order valence-electron chi connectivity index (χ2n) is 3.59. The van der Waals surface area contributed by atoms with Crippen molar-refractivity contribution in [2.45, 2.75) is 19.8 Å². The molecule has 0 aliphatic carbocycles. The van der Waals surface area contributed by atoms with Crippen LogP contribution in [0, 0.1) is 5.41 Å². The Balaban J connectivity index is 2.46. The molecule has 1 aliphatic heterocycles. The van der Waals surface area contributed by atoms with Crippen LogP contribution in [-0.2, 0) is 0 Å². The van der Waals surface area contributed by atoms with Gasteiger partial charge in [-0.15, -0.1) is 0 Å². The molecule has 1 heterocycles. The fraction of sp³-hybridized carbons (Fsp3) is 0.875. The summed E-state index contributed by atoms with van der Waals surface area (Å²) < 4.78 is 2.07. The van der Waals surface area contributed by atoms with Crippen LogP contribution in [0.5, 0.6) is 0 Å². The highest BCUT2D eigenvalue weighted by Gasteiger charge is 2.30. The van der Waals surface area contributed by atoms with Crippen molar-refractivity contribution in [1.29, 1.82) is 0 Å². The van der Waals surface area contributed by atoms with E-state index < -0.39 is 0 Å². The largest absolute Gasteiger partial charge is 0.396 e. The van der Waals surface area contributed by atoms with Gasteiger partial charge in [-0.25, -0.2) is 4.58 Å². The molecule has 10 heavy (non-hydrogen) atoms. The van der Waals surface area contributed by atoms with E-state index in [0.29, 0.717) is 6.61 Å². The third-order valence-corrected chi connectivity index (χ3v) is 2.44. The number of rotatable bonds is 1. The first-order valence-electron chi connectivity index (χ1n) is 3.83. The van der Waals surface area contributed by atoms with Crippen LogP contribution < -0.4 is 0 Å². The summed E-state index contributed by atoms with van der Waals surface area (Å²) in [6.45, 7) is 8.36. The first kappa shape index (κ1) is 7.73. The number of nitrogens with zero attached hydrogens (tertiary/aromatic N) is 1. The second kappa shape index (κ2) is 2.70. The van der Waals surface area contributed by atoms with Gasteiger partial charge in [-0.05, 0) is 0 Å². The van der Waals surface area contributed by atoms with Gasteiger partial charge in [0, 0.05) is 24.9 Å². The van der Waals surface area contributed by atoms with Crippen LogP contribution in [0.25, 0.3) is 0 Å². The van der Waals surface area contributed by atoms with E-state index in [1.54, 1.807) is 0 Å². The Hall–Kier alpha value is -0.370. The molecule has 0 spiro atoms. The molecule has 1 saturated heterocycles. The van der Waals surface area contributed by atoms with Crippen molar-refractivity contribution < 1.29 is 9.68 Å². The molecule has 0 aromatic heterocycles. The maximum absolute atomic E-state index is 9.00. The number of hydrogen-bond acceptors (Lipinski definition) is 1. The van der Waals surface area contributed by atoms with Gasteiger partial charge in [0.2, 0.25) is 0 Å². The van der Waals surface area contributed by atoms with E-state index in [1.807, 2.05) is 0 Å². The minimum Gasteiger partial charge on any atom is -0.396 e. The lowest BCUT2D eigenvalue weighted by atomic mass is 9.82. The number of hydrogen-bond donors (Lipinski definition) is 1. The standard InChI is InChI=1S/C8H16NO/c1-8(7-10)3-5-9(2)6-4-8/h10H,2-7H2,1H3/q+1. The minimum atomic E-state index is 0.175. The first-order valence-corrected chi connectivity index (χ1v) is 3.83. The molecular weight excluding hydrogens is 126 g/mol. The van der Waals surface area contributed by atoms with E-state index in [1.165, 1.54) is 0 Å². The predicted octanol–water partition coefficient (Wildman–Crippen LogP) is 0.492. The molecule has 58 valence electrons. The third-order valence-electron chi connectivity index (χ3n) is 2.44. The van der Waals surface area contributed by atoms with E-state index in [2.05, 4.69) is 18.2 Å². The smallest absolute Gasteiger partial charge is 0.142 e. The molecule has 1 fully saturated rings. The van der Waals surface area contributed by atoms with Gasteiger partial charge in [-0.1, -0.05) is 6.92 Å². The molecule has 2 heteroatoms. The van der Waals surface area contributed by atoms with Crippen molar-refractivity contribution in [3.8, 4) is 0 Å². The van der Waals surface area contributed by atoms with E-state index in [0.717, 1.165) is 25.9 Å². The predicted molar refractivity (Wildman–Crippen MR) is 41.5 cm³/mol. The molecule has 0 amide bonds. The summed E-state index contributed by atoms with van der Waals surface area (Å²) in [6.07, 6.45) is 2.15. The first-order chi connectivity index (χ1) is 4.66. The maximum atomic E-state index is 9.00. The van der Waals surface area contributed by atoms with Gasteiger partial charge in [-0.2, -0.15) is 0 Å². The zero-order valence-corrected chi connectivity index (χ0v) is 6.64. The highest BCUT2D eigenvalue weighted by Crippen LogP contribution is 2.27. The van der Waals surface area contributed by atoms with Crippen LogP contribution in [0.1, 0.15) is 19.8 Å². The Morgan fingerprint density at radius 1 is 1.50 bits per heavy atom. The van der Waals surface area contributed by atoms with E-state index in [9.17, 15) is 0 Å². The van der Waals surface area contributed by atoms with E-state index in [4.69, 9.17) is 5.11 Å².